The highest BCUT2D eigenvalue weighted by atomic mass is 32.1. The Morgan fingerprint density at radius 1 is 1.03 bits per heavy atom. The van der Waals surface area contributed by atoms with Crippen molar-refractivity contribution >= 4 is 16.3 Å². The van der Waals surface area contributed by atoms with Crippen LogP contribution < -0.4 is 0 Å². The lowest BCUT2D eigenvalue weighted by atomic mass is 10.1. The molecule has 1 saturated heterocycles. The van der Waals surface area contributed by atoms with Crippen LogP contribution in [-0.2, 0) is 6.54 Å². The standard InChI is InChI=1S/C22H24N6S/c1-16-3-5-17(6-4-16)20-21(19-7-8-23-15-24-19)28-14-18(29-22(28)25-20)13-27-11-9-26(2)10-12-27/h3-8,14-15H,9-13H2,1-2H3. The molecule has 148 valence electrons. The number of nitrogens with zero attached hydrogens (tertiary/aromatic N) is 6. The molecule has 6 nitrogen and oxygen atoms in total. The van der Waals surface area contributed by atoms with Gasteiger partial charge in [-0.2, -0.15) is 0 Å². The molecule has 0 aliphatic carbocycles. The molecule has 0 radical (unpaired) electrons. The van der Waals surface area contributed by atoms with Crippen molar-refractivity contribution in [2.45, 2.75) is 13.5 Å². The predicted octanol–water partition coefficient (Wildman–Crippen LogP) is 3.58. The zero-order valence-corrected chi connectivity index (χ0v) is 17.6. The number of benzene rings is 1. The first-order chi connectivity index (χ1) is 14.2. The number of thiazole rings is 1. The molecule has 29 heavy (non-hydrogen) atoms. The van der Waals surface area contributed by atoms with Gasteiger partial charge in [-0.05, 0) is 20.0 Å². The van der Waals surface area contributed by atoms with Crippen molar-refractivity contribution < 1.29 is 0 Å². The van der Waals surface area contributed by atoms with Crippen LogP contribution in [0.15, 0.2) is 49.1 Å². The molecular formula is C22H24N6S. The fourth-order valence-electron chi connectivity index (χ4n) is 3.78. The third kappa shape index (κ3) is 3.69. The first-order valence-electron chi connectivity index (χ1n) is 9.92. The summed E-state index contributed by atoms with van der Waals surface area (Å²) in [6.07, 6.45) is 5.63. The summed E-state index contributed by atoms with van der Waals surface area (Å²) in [6, 6.07) is 10.5. The molecule has 0 atom stereocenters. The summed E-state index contributed by atoms with van der Waals surface area (Å²) in [7, 11) is 2.19. The molecule has 0 N–H and O–H groups in total. The average Bonchev–Trinajstić information content (AvgIpc) is 3.28. The van der Waals surface area contributed by atoms with Gasteiger partial charge in [-0.1, -0.05) is 41.2 Å². The number of hydrogen-bond donors (Lipinski definition) is 0. The third-order valence-corrected chi connectivity index (χ3v) is 6.47. The minimum absolute atomic E-state index is 0.895. The zero-order chi connectivity index (χ0) is 19.8. The second-order valence-corrected chi connectivity index (χ2v) is 8.79. The summed E-state index contributed by atoms with van der Waals surface area (Å²) in [5.41, 5.74) is 5.26. The van der Waals surface area contributed by atoms with Crippen LogP contribution in [0.1, 0.15) is 10.4 Å². The van der Waals surface area contributed by atoms with Crippen LogP contribution in [0, 0.1) is 6.92 Å². The van der Waals surface area contributed by atoms with Crippen molar-refractivity contribution in [3.8, 4) is 22.6 Å². The van der Waals surface area contributed by atoms with Gasteiger partial charge in [0.2, 0.25) is 0 Å². The van der Waals surface area contributed by atoms with E-state index in [4.69, 9.17) is 4.98 Å². The highest BCUT2D eigenvalue weighted by molar-refractivity contribution is 7.17. The summed E-state index contributed by atoms with van der Waals surface area (Å²) >= 11 is 1.77. The molecule has 1 aliphatic heterocycles. The van der Waals surface area contributed by atoms with E-state index in [2.05, 4.69) is 68.6 Å². The first kappa shape index (κ1) is 18.4. The van der Waals surface area contributed by atoms with E-state index in [0.717, 1.165) is 60.3 Å². The van der Waals surface area contributed by atoms with Crippen LogP contribution in [0.2, 0.25) is 0 Å². The molecule has 0 amide bonds. The van der Waals surface area contributed by atoms with Gasteiger partial charge in [-0.15, -0.1) is 0 Å². The Kier molecular flexibility index (Phi) is 4.87. The zero-order valence-electron chi connectivity index (χ0n) is 16.7. The molecule has 7 heteroatoms. The number of hydrogen-bond acceptors (Lipinski definition) is 6. The van der Waals surface area contributed by atoms with E-state index in [9.17, 15) is 0 Å². The van der Waals surface area contributed by atoms with Gasteiger partial charge in [0, 0.05) is 55.6 Å². The Bertz CT molecular complexity index is 1110. The van der Waals surface area contributed by atoms with Gasteiger partial charge < -0.3 is 4.90 Å². The lowest BCUT2D eigenvalue weighted by Crippen LogP contribution is -2.43. The van der Waals surface area contributed by atoms with E-state index in [1.165, 1.54) is 10.4 Å². The minimum atomic E-state index is 0.895. The molecule has 5 rings (SSSR count). The Balaban J connectivity index is 1.55. The maximum Gasteiger partial charge on any atom is 0.195 e. The number of rotatable bonds is 4. The van der Waals surface area contributed by atoms with Gasteiger partial charge in [-0.3, -0.25) is 9.30 Å². The van der Waals surface area contributed by atoms with Crippen LogP contribution in [-0.4, -0.2) is 62.4 Å². The largest absolute Gasteiger partial charge is 0.304 e. The van der Waals surface area contributed by atoms with E-state index in [-0.39, 0.29) is 0 Å². The van der Waals surface area contributed by atoms with Gasteiger partial charge in [-0.25, -0.2) is 15.0 Å². The van der Waals surface area contributed by atoms with Crippen LogP contribution >= 0.6 is 11.3 Å². The maximum atomic E-state index is 5.01. The van der Waals surface area contributed by atoms with Gasteiger partial charge >= 0.3 is 0 Å². The lowest BCUT2D eigenvalue weighted by Gasteiger charge is -2.31. The van der Waals surface area contributed by atoms with Gasteiger partial charge in [0.05, 0.1) is 11.4 Å². The molecule has 1 aliphatic rings. The van der Waals surface area contributed by atoms with E-state index in [1.54, 1.807) is 23.9 Å². The van der Waals surface area contributed by atoms with Crippen LogP contribution in [0.25, 0.3) is 27.6 Å². The molecule has 4 heterocycles. The SMILES string of the molecule is Cc1ccc(-c2nc3sc(CN4CCN(C)CC4)cn3c2-c2ccncn2)cc1. The van der Waals surface area contributed by atoms with Gasteiger partial charge in [0.25, 0.3) is 0 Å². The van der Waals surface area contributed by atoms with Crippen LogP contribution in [0.3, 0.4) is 0 Å². The highest BCUT2D eigenvalue weighted by Crippen LogP contribution is 2.34. The van der Waals surface area contributed by atoms with Crippen molar-refractivity contribution in [1.82, 2.24) is 29.2 Å². The number of imidazole rings is 1. The lowest BCUT2D eigenvalue weighted by molar-refractivity contribution is 0.149. The average molecular weight is 405 g/mol. The minimum Gasteiger partial charge on any atom is -0.304 e. The molecule has 4 aromatic rings. The van der Waals surface area contributed by atoms with E-state index >= 15 is 0 Å². The molecule has 0 bridgehead atoms. The van der Waals surface area contributed by atoms with E-state index in [1.807, 2.05) is 6.07 Å². The number of likely N-dealkylation sites (N-methyl/N-ethyl adjacent to an activating group) is 1. The Hall–Kier alpha value is -2.61. The van der Waals surface area contributed by atoms with Crippen LogP contribution in [0.5, 0.6) is 0 Å². The summed E-state index contributed by atoms with van der Waals surface area (Å²) in [6.45, 7) is 7.57. The first-order valence-corrected chi connectivity index (χ1v) is 10.7. The molecular weight excluding hydrogens is 380 g/mol. The monoisotopic (exact) mass is 404 g/mol. The van der Waals surface area contributed by atoms with Crippen molar-refractivity contribution in [3.05, 3.63) is 59.5 Å². The molecule has 0 unspecified atom stereocenters. The summed E-state index contributed by atoms with van der Waals surface area (Å²) in [5, 5.41) is 0. The summed E-state index contributed by atoms with van der Waals surface area (Å²) in [5.74, 6) is 0. The van der Waals surface area contributed by atoms with Crippen molar-refractivity contribution in [3.63, 3.8) is 0 Å². The van der Waals surface area contributed by atoms with Crippen LogP contribution in [0.4, 0.5) is 0 Å². The van der Waals surface area contributed by atoms with E-state index in [0.29, 0.717) is 0 Å². The molecule has 0 spiro atoms. The predicted molar refractivity (Wildman–Crippen MR) is 117 cm³/mol. The Morgan fingerprint density at radius 2 is 1.83 bits per heavy atom. The normalized spacial score (nSPS) is 15.9. The van der Waals surface area contributed by atoms with E-state index < -0.39 is 0 Å². The van der Waals surface area contributed by atoms with Gasteiger partial charge in [0.15, 0.2) is 4.96 Å². The summed E-state index contributed by atoms with van der Waals surface area (Å²) in [4.78, 5) is 20.9. The highest BCUT2D eigenvalue weighted by Gasteiger charge is 2.21. The molecule has 1 aromatic carbocycles. The quantitative estimate of drug-likeness (QED) is 0.520. The molecule has 0 saturated carbocycles. The third-order valence-electron chi connectivity index (χ3n) is 5.50. The number of piperazine rings is 1. The second kappa shape index (κ2) is 7.67. The Morgan fingerprint density at radius 3 is 2.55 bits per heavy atom. The maximum absolute atomic E-state index is 5.01. The van der Waals surface area contributed by atoms with Gasteiger partial charge in [0.1, 0.15) is 12.0 Å². The molecule has 3 aromatic heterocycles. The smallest absolute Gasteiger partial charge is 0.195 e. The topological polar surface area (TPSA) is 49.6 Å². The number of fused-ring (bicyclic) bond motifs is 1. The fraction of sp³-hybridized carbons (Fsp3) is 0.318. The number of aromatic nitrogens is 4. The number of aryl methyl sites for hydroxylation is 1. The Labute approximate surface area is 174 Å². The van der Waals surface area contributed by atoms with Crippen molar-refractivity contribution in [1.29, 1.82) is 0 Å². The van der Waals surface area contributed by atoms with Crippen molar-refractivity contribution in [2.24, 2.45) is 0 Å². The van der Waals surface area contributed by atoms with Crippen molar-refractivity contribution in [2.75, 3.05) is 33.2 Å². The second-order valence-electron chi connectivity index (χ2n) is 7.70. The fourth-order valence-corrected chi connectivity index (χ4v) is 4.80. The molecule has 1 fully saturated rings. The summed E-state index contributed by atoms with van der Waals surface area (Å²) < 4.78 is 2.20.